The molecule has 5 N–H and O–H groups in total. The van der Waals surface area contributed by atoms with Crippen molar-refractivity contribution < 1.29 is 30.3 Å². The van der Waals surface area contributed by atoms with Crippen LogP contribution < -0.4 is 0 Å². The molecule has 4 saturated carbocycles. The van der Waals surface area contributed by atoms with Gasteiger partial charge in [0.05, 0.1) is 30.3 Å². The Morgan fingerprint density at radius 2 is 1.67 bits per heavy atom. The van der Waals surface area contributed by atoms with Gasteiger partial charge < -0.3 is 25.5 Å². The fraction of sp³-hybridized carbons (Fsp3) is 0.900. The molecule has 0 radical (unpaired) electrons. The van der Waals surface area contributed by atoms with Crippen LogP contribution in [-0.4, -0.2) is 56.4 Å². The number of carbonyl (C=O) groups is 1. The van der Waals surface area contributed by atoms with Crippen LogP contribution in [0.2, 0.25) is 0 Å². The van der Waals surface area contributed by atoms with Crippen molar-refractivity contribution in [3.63, 3.8) is 0 Å². The lowest BCUT2D eigenvalue weighted by atomic mass is 9.32. The number of aliphatic carboxylic acids is 1. The summed E-state index contributed by atoms with van der Waals surface area (Å²) in [5.74, 6) is -0.0914. The molecule has 0 amide bonds. The van der Waals surface area contributed by atoms with E-state index in [0.29, 0.717) is 25.2 Å². The van der Waals surface area contributed by atoms with E-state index in [1.807, 2.05) is 6.92 Å². The fourth-order valence-electron chi connectivity index (χ4n) is 11.2. The van der Waals surface area contributed by atoms with Crippen molar-refractivity contribution in [2.45, 2.75) is 105 Å². The van der Waals surface area contributed by atoms with Gasteiger partial charge in [-0.1, -0.05) is 53.2 Å². The van der Waals surface area contributed by atoms with Gasteiger partial charge in [0.25, 0.3) is 0 Å². The van der Waals surface area contributed by atoms with Gasteiger partial charge in [-0.15, -0.1) is 0 Å². The van der Waals surface area contributed by atoms with Crippen molar-refractivity contribution in [1.29, 1.82) is 0 Å². The molecule has 0 bridgehead atoms. The number of rotatable bonds is 2. The minimum absolute atomic E-state index is 0.000534. The topological polar surface area (TPSA) is 118 Å². The number of carboxylic acid groups (broad SMARTS) is 1. The molecule has 0 aromatic rings. The summed E-state index contributed by atoms with van der Waals surface area (Å²) in [6.45, 7) is 12.8. The summed E-state index contributed by atoms with van der Waals surface area (Å²) in [4.78, 5) is 12.8. The maximum atomic E-state index is 12.8. The van der Waals surface area contributed by atoms with E-state index in [1.54, 1.807) is 0 Å². The Balaban J connectivity index is 1.65. The maximum absolute atomic E-state index is 12.8. The summed E-state index contributed by atoms with van der Waals surface area (Å²) >= 11 is 0. The zero-order valence-electron chi connectivity index (χ0n) is 23.0. The zero-order valence-corrected chi connectivity index (χ0v) is 23.0. The van der Waals surface area contributed by atoms with E-state index >= 15 is 0 Å². The molecule has 0 aromatic heterocycles. The quantitative estimate of drug-likeness (QED) is 0.363. The molecular formula is C30H48O6. The van der Waals surface area contributed by atoms with E-state index in [-0.39, 0.29) is 41.1 Å². The Kier molecular flexibility index (Phi) is 5.95. The lowest BCUT2D eigenvalue weighted by molar-refractivity contribution is -0.273. The van der Waals surface area contributed by atoms with E-state index in [2.05, 4.69) is 40.7 Å². The Labute approximate surface area is 216 Å². The summed E-state index contributed by atoms with van der Waals surface area (Å²) in [6.07, 6.45) is 4.44. The van der Waals surface area contributed by atoms with E-state index in [4.69, 9.17) is 0 Å². The highest BCUT2D eigenvalue weighted by atomic mass is 16.4. The first-order valence-corrected chi connectivity index (χ1v) is 14.2. The molecule has 0 aromatic carbocycles. The predicted molar refractivity (Wildman–Crippen MR) is 137 cm³/mol. The molecule has 4 fully saturated rings. The number of fused-ring (bicyclic) bond motifs is 7. The van der Waals surface area contributed by atoms with Crippen LogP contribution in [0.1, 0.15) is 86.5 Å². The first-order chi connectivity index (χ1) is 16.6. The molecule has 5 aliphatic carbocycles. The summed E-state index contributed by atoms with van der Waals surface area (Å²) in [5.41, 5.74) is -1.41. The zero-order chi connectivity index (χ0) is 26.6. The van der Waals surface area contributed by atoms with E-state index in [1.165, 1.54) is 5.57 Å². The largest absolute Gasteiger partial charge is 0.481 e. The monoisotopic (exact) mass is 504 g/mol. The summed E-state index contributed by atoms with van der Waals surface area (Å²) in [6, 6.07) is 0. The van der Waals surface area contributed by atoms with Gasteiger partial charge in [0, 0.05) is 11.3 Å². The van der Waals surface area contributed by atoms with Crippen molar-refractivity contribution in [2.75, 3.05) is 6.61 Å². The average molecular weight is 505 g/mol. The third-order valence-electron chi connectivity index (χ3n) is 13.4. The highest BCUT2D eigenvalue weighted by molar-refractivity contribution is 5.76. The maximum Gasteiger partial charge on any atom is 0.310 e. The Morgan fingerprint density at radius 1 is 1.00 bits per heavy atom. The standard InChI is InChI=1S/C30H48O6/c1-16-9-10-30(25(35)36)12-11-28(5)18(22(30)17(16)2)7-8-21-26(3)13-20(33)24(34)27(4,15-31)23(26)19(32)14-29(21,28)6/h7,16-17,19-24,31-34H,8-15H2,1-6H3,(H,35,36)/t16-,17+,19-,20-,21+,22-,23-,24+,26-,27+,28-,29-,30+/m1/s1. The van der Waals surface area contributed by atoms with Crippen LogP contribution >= 0.6 is 0 Å². The second-order valence-electron chi connectivity index (χ2n) is 14.6. The number of allylic oxidation sites excluding steroid dienone is 2. The van der Waals surface area contributed by atoms with Crippen LogP contribution in [0.15, 0.2) is 11.6 Å². The van der Waals surface area contributed by atoms with E-state index in [9.17, 15) is 30.3 Å². The van der Waals surface area contributed by atoms with Gasteiger partial charge in [-0.25, -0.2) is 0 Å². The average Bonchev–Trinajstić information content (AvgIpc) is 2.80. The SMILES string of the molecule is C[C@H]1[C@H](C)CC[C@]2(C(=O)O)CC[C@]3(C)C(=CC[C@H]4[C@@]5(C)C[C@@H](O)[C@H](O)[C@@](C)(CO)[C@@H]5[C@H](O)C[C@]43C)[C@@H]12. The third kappa shape index (κ3) is 2.96. The molecule has 5 aliphatic rings. The number of aliphatic hydroxyl groups is 4. The Hall–Kier alpha value is -0.950. The van der Waals surface area contributed by atoms with Gasteiger partial charge in [-0.05, 0) is 84.9 Å². The van der Waals surface area contributed by atoms with Crippen LogP contribution in [0.4, 0.5) is 0 Å². The normalized spacial score (nSPS) is 58.6. The number of hydrogen-bond donors (Lipinski definition) is 5. The van der Waals surface area contributed by atoms with Crippen molar-refractivity contribution >= 4 is 5.97 Å². The molecule has 6 heteroatoms. The first-order valence-electron chi connectivity index (χ1n) is 14.2. The van der Waals surface area contributed by atoms with Gasteiger partial charge in [-0.2, -0.15) is 0 Å². The van der Waals surface area contributed by atoms with E-state index < -0.39 is 40.5 Å². The molecule has 6 nitrogen and oxygen atoms in total. The molecule has 0 unspecified atom stereocenters. The Bertz CT molecular complexity index is 963. The summed E-state index contributed by atoms with van der Waals surface area (Å²) in [7, 11) is 0. The highest BCUT2D eigenvalue weighted by Gasteiger charge is 2.72. The van der Waals surface area contributed by atoms with Crippen molar-refractivity contribution in [3.05, 3.63) is 11.6 Å². The van der Waals surface area contributed by atoms with Crippen molar-refractivity contribution in [1.82, 2.24) is 0 Å². The van der Waals surface area contributed by atoms with Crippen LogP contribution in [0, 0.1) is 56.7 Å². The van der Waals surface area contributed by atoms with E-state index in [0.717, 1.165) is 25.7 Å². The van der Waals surface area contributed by atoms with Gasteiger partial charge in [-0.3, -0.25) is 4.79 Å². The summed E-state index contributed by atoms with van der Waals surface area (Å²) in [5, 5.41) is 54.7. The number of carboxylic acids is 1. The molecule has 13 atom stereocenters. The van der Waals surface area contributed by atoms with Gasteiger partial charge >= 0.3 is 5.97 Å². The summed E-state index contributed by atoms with van der Waals surface area (Å²) < 4.78 is 0. The van der Waals surface area contributed by atoms with Crippen molar-refractivity contribution in [3.8, 4) is 0 Å². The van der Waals surface area contributed by atoms with Crippen LogP contribution in [0.25, 0.3) is 0 Å². The minimum Gasteiger partial charge on any atom is -0.481 e. The molecule has 5 rings (SSSR count). The first kappa shape index (κ1) is 26.6. The molecule has 36 heavy (non-hydrogen) atoms. The van der Waals surface area contributed by atoms with Crippen LogP contribution in [0.5, 0.6) is 0 Å². The van der Waals surface area contributed by atoms with Gasteiger partial charge in [0.2, 0.25) is 0 Å². The molecule has 0 aliphatic heterocycles. The number of aliphatic hydroxyl groups excluding tert-OH is 4. The van der Waals surface area contributed by atoms with Crippen molar-refractivity contribution in [2.24, 2.45) is 56.7 Å². The lowest BCUT2D eigenvalue weighted by Gasteiger charge is -2.72. The molecule has 0 spiro atoms. The predicted octanol–water partition coefficient (Wildman–Crippen LogP) is 4.00. The number of hydrogen-bond acceptors (Lipinski definition) is 5. The molecule has 0 heterocycles. The fourth-order valence-corrected chi connectivity index (χ4v) is 11.2. The second kappa shape index (κ2) is 8.03. The molecular weight excluding hydrogens is 456 g/mol. The lowest BCUT2D eigenvalue weighted by Crippen LogP contribution is -2.71. The van der Waals surface area contributed by atoms with Gasteiger partial charge in [0.1, 0.15) is 0 Å². The smallest absolute Gasteiger partial charge is 0.310 e. The van der Waals surface area contributed by atoms with Gasteiger partial charge in [0.15, 0.2) is 0 Å². The Morgan fingerprint density at radius 3 is 2.28 bits per heavy atom. The molecule has 204 valence electrons. The third-order valence-corrected chi connectivity index (χ3v) is 13.4. The minimum atomic E-state index is -1.08. The second-order valence-corrected chi connectivity index (χ2v) is 14.6. The molecule has 0 saturated heterocycles. The highest BCUT2D eigenvalue weighted by Crippen LogP contribution is 2.75. The van der Waals surface area contributed by atoms with Crippen LogP contribution in [0.3, 0.4) is 0 Å². The van der Waals surface area contributed by atoms with Crippen LogP contribution in [-0.2, 0) is 4.79 Å².